The van der Waals surface area contributed by atoms with E-state index in [4.69, 9.17) is 0 Å². The Morgan fingerprint density at radius 3 is 2.32 bits per heavy atom. The van der Waals surface area contributed by atoms with Gasteiger partial charge in [-0.05, 0) is 36.8 Å². The molecule has 1 saturated heterocycles. The van der Waals surface area contributed by atoms with E-state index in [1.54, 1.807) is 0 Å². The van der Waals surface area contributed by atoms with Crippen LogP contribution in [0.1, 0.15) is 17.5 Å². The number of nitrogens with zero attached hydrogens (tertiary/aromatic N) is 3. The molecule has 1 fully saturated rings. The molecule has 1 aromatic heterocycles. The van der Waals surface area contributed by atoms with Crippen molar-refractivity contribution in [3.8, 4) is 0 Å². The molecule has 0 aliphatic carbocycles. The molecule has 31 heavy (non-hydrogen) atoms. The molecule has 2 heterocycles. The normalized spacial score (nSPS) is 16.1. The van der Waals surface area contributed by atoms with Gasteiger partial charge in [0.2, 0.25) is 5.91 Å². The van der Waals surface area contributed by atoms with Crippen LogP contribution in [0.4, 0.5) is 37.8 Å². The number of rotatable bonds is 4. The fourth-order valence-corrected chi connectivity index (χ4v) is 3.28. The molecule has 0 bridgehead atoms. The highest BCUT2D eigenvalue weighted by Crippen LogP contribution is 2.31. The van der Waals surface area contributed by atoms with Crippen molar-refractivity contribution in [1.29, 1.82) is 0 Å². The number of anilines is 2. The second kappa shape index (κ2) is 9.13. The lowest BCUT2D eigenvalue weighted by molar-refractivity contribution is -0.138. The molecule has 0 radical (unpaired) electrons. The molecule has 2 aromatic rings. The first-order chi connectivity index (χ1) is 14.5. The third kappa shape index (κ3) is 6.33. The summed E-state index contributed by atoms with van der Waals surface area (Å²) in [6, 6.07) is 6.70. The number of carbonyl (C=O) groups excluding carboxylic acids is 1. The number of hydrogen-bond acceptors (Lipinski definition) is 4. The van der Waals surface area contributed by atoms with Gasteiger partial charge in [-0.2, -0.15) is 26.3 Å². The Kier molecular flexibility index (Phi) is 6.73. The van der Waals surface area contributed by atoms with Crippen LogP contribution in [0.25, 0.3) is 0 Å². The molecule has 1 amide bonds. The third-order valence-electron chi connectivity index (χ3n) is 4.83. The second-order valence-corrected chi connectivity index (χ2v) is 7.15. The zero-order valence-electron chi connectivity index (χ0n) is 16.3. The first kappa shape index (κ1) is 22.9. The van der Waals surface area contributed by atoms with Crippen molar-refractivity contribution in [1.82, 2.24) is 9.88 Å². The molecule has 5 nitrogen and oxygen atoms in total. The highest BCUT2D eigenvalue weighted by molar-refractivity contribution is 5.92. The summed E-state index contributed by atoms with van der Waals surface area (Å²) in [4.78, 5) is 19.8. The van der Waals surface area contributed by atoms with Gasteiger partial charge in [0.05, 0.1) is 17.7 Å². The monoisotopic (exact) mass is 446 g/mol. The van der Waals surface area contributed by atoms with E-state index in [1.165, 1.54) is 18.2 Å². The van der Waals surface area contributed by atoms with E-state index in [2.05, 4.69) is 10.3 Å². The van der Waals surface area contributed by atoms with Gasteiger partial charge in [0, 0.05) is 38.1 Å². The molecule has 0 unspecified atom stereocenters. The van der Waals surface area contributed by atoms with E-state index >= 15 is 0 Å². The smallest absolute Gasteiger partial charge is 0.355 e. The minimum Gasteiger partial charge on any atom is -0.355 e. The van der Waals surface area contributed by atoms with Crippen LogP contribution in [0.5, 0.6) is 0 Å². The number of amides is 1. The van der Waals surface area contributed by atoms with Crippen molar-refractivity contribution < 1.29 is 31.1 Å². The lowest BCUT2D eigenvalue weighted by Crippen LogP contribution is -2.36. The van der Waals surface area contributed by atoms with Crippen LogP contribution in [0.2, 0.25) is 0 Å². The van der Waals surface area contributed by atoms with E-state index in [0.29, 0.717) is 38.4 Å². The van der Waals surface area contributed by atoms with Crippen LogP contribution in [-0.2, 0) is 17.1 Å². The topological polar surface area (TPSA) is 48.5 Å². The maximum atomic E-state index is 12.8. The van der Waals surface area contributed by atoms with Gasteiger partial charge in [0.1, 0.15) is 5.82 Å². The van der Waals surface area contributed by atoms with E-state index in [1.807, 2.05) is 9.80 Å². The molecule has 168 valence electrons. The fraction of sp³-hybridized carbons (Fsp3) is 0.400. The number of halogens is 6. The van der Waals surface area contributed by atoms with Crippen molar-refractivity contribution in [2.75, 3.05) is 42.9 Å². The number of aromatic nitrogens is 1. The first-order valence-corrected chi connectivity index (χ1v) is 9.50. The zero-order valence-corrected chi connectivity index (χ0v) is 16.3. The molecule has 0 spiro atoms. The van der Waals surface area contributed by atoms with Gasteiger partial charge in [0.15, 0.2) is 0 Å². The number of carbonyl (C=O) groups is 1. The molecule has 0 saturated carbocycles. The van der Waals surface area contributed by atoms with Gasteiger partial charge in [-0.3, -0.25) is 9.69 Å². The summed E-state index contributed by atoms with van der Waals surface area (Å²) in [5.41, 5.74) is -1.61. The molecule has 1 aliphatic heterocycles. The average molecular weight is 446 g/mol. The maximum Gasteiger partial charge on any atom is 0.417 e. The Morgan fingerprint density at radius 2 is 1.68 bits per heavy atom. The number of hydrogen-bond donors (Lipinski definition) is 1. The van der Waals surface area contributed by atoms with Gasteiger partial charge in [-0.25, -0.2) is 4.98 Å². The molecule has 1 aromatic carbocycles. The van der Waals surface area contributed by atoms with Crippen LogP contribution in [0.3, 0.4) is 0 Å². The highest BCUT2D eigenvalue weighted by Gasteiger charge is 2.31. The second-order valence-electron chi connectivity index (χ2n) is 7.15. The Bertz CT molecular complexity index is 898. The SMILES string of the molecule is O=C(CN1CCCN(c2ccc(C(F)(F)F)cn2)CC1)Nc1cccc(C(F)(F)F)c1. The summed E-state index contributed by atoms with van der Waals surface area (Å²) in [6.07, 6.45) is -7.50. The lowest BCUT2D eigenvalue weighted by atomic mass is 10.2. The van der Waals surface area contributed by atoms with Gasteiger partial charge in [-0.1, -0.05) is 6.07 Å². The van der Waals surface area contributed by atoms with Crippen LogP contribution in [-0.4, -0.2) is 48.5 Å². The minimum absolute atomic E-state index is 0.00940. The summed E-state index contributed by atoms with van der Waals surface area (Å²) in [5.74, 6) is -0.0244. The van der Waals surface area contributed by atoms with Crippen molar-refractivity contribution in [2.45, 2.75) is 18.8 Å². The van der Waals surface area contributed by atoms with Crippen LogP contribution >= 0.6 is 0 Å². The largest absolute Gasteiger partial charge is 0.417 e. The molecular formula is C20H20F6N4O. The van der Waals surface area contributed by atoms with E-state index < -0.39 is 29.4 Å². The van der Waals surface area contributed by atoms with Gasteiger partial charge in [-0.15, -0.1) is 0 Å². The molecule has 11 heteroatoms. The van der Waals surface area contributed by atoms with E-state index in [9.17, 15) is 31.1 Å². The van der Waals surface area contributed by atoms with E-state index in [0.717, 1.165) is 24.4 Å². The molecule has 3 rings (SSSR count). The van der Waals surface area contributed by atoms with Crippen molar-refractivity contribution in [3.05, 3.63) is 53.7 Å². The Labute approximate surface area is 174 Å². The van der Waals surface area contributed by atoms with Crippen molar-refractivity contribution in [2.24, 2.45) is 0 Å². The molecule has 0 atom stereocenters. The van der Waals surface area contributed by atoms with E-state index in [-0.39, 0.29) is 12.2 Å². The summed E-state index contributed by atoms with van der Waals surface area (Å²) in [6.45, 7) is 2.02. The Morgan fingerprint density at radius 1 is 0.935 bits per heavy atom. The van der Waals surface area contributed by atoms with Crippen LogP contribution in [0.15, 0.2) is 42.6 Å². The van der Waals surface area contributed by atoms with Crippen LogP contribution < -0.4 is 10.2 Å². The molecule has 1 N–H and O–H groups in total. The van der Waals surface area contributed by atoms with Crippen molar-refractivity contribution in [3.63, 3.8) is 0 Å². The average Bonchev–Trinajstić information content (AvgIpc) is 2.92. The Hall–Kier alpha value is -2.82. The summed E-state index contributed by atoms with van der Waals surface area (Å²) in [7, 11) is 0. The number of benzene rings is 1. The predicted octanol–water partition coefficient (Wildman–Crippen LogP) is 4.27. The van der Waals surface area contributed by atoms with Crippen molar-refractivity contribution >= 4 is 17.4 Å². The zero-order chi connectivity index (χ0) is 22.6. The Balaban J connectivity index is 1.55. The quantitative estimate of drug-likeness (QED) is 0.713. The highest BCUT2D eigenvalue weighted by atomic mass is 19.4. The third-order valence-corrected chi connectivity index (χ3v) is 4.83. The van der Waals surface area contributed by atoms with Crippen LogP contribution in [0, 0.1) is 0 Å². The maximum absolute atomic E-state index is 12.8. The number of pyridine rings is 1. The summed E-state index contributed by atoms with van der Waals surface area (Å²) >= 11 is 0. The minimum atomic E-state index is -4.50. The first-order valence-electron chi connectivity index (χ1n) is 9.50. The number of alkyl halides is 6. The lowest BCUT2D eigenvalue weighted by Gasteiger charge is -2.23. The number of nitrogens with one attached hydrogen (secondary N) is 1. The summed E-state index contributed by atoms with van der Waals surface area (Å²) in [5, 5.41) is 2.47. The van der Waals surface area contributed by atoms with Gasteiger partial charge in [0.25, 0.3) is 0 Å². The molecular weight excluding hydrogens is 426 g/mol. The fourth-order valence-electron chi connectivity index (χ4n) is 3.28. The molecule has 1 aliphatic rings. The predicted molar refractivity (Wildman–Crippen MR) is 103 cm³/mol. The summed E-state index contributed by atoms with van der Waals surface area (Å²) < 4.78 is 76.4. The standard InChI is InChI=1S/C20H20F6N4O/c21-19(22,23)14-3-1-4-16(11-14)28-18(31)13-29-7-2-8-30(10-9-29)17-6-5-15(12-27-17)20(24,25)26/h1,3-6,11-12H,2,7-10,13H2,(H,28,31). The van der Waals surface area contributed by atoms with Gasteiger partial charge < -0.3 is 10.2 Å². The van der Waals surface area contributed by atoms with Gasteiger partial charge >= 0.3 is 12.4 Å².